The first-order valence-electron chi connectivity index (χ1n) is 6.19. The molecule has 17 heavy (non-hydrogen) atoms. The number of halogens is 1. The van der Waals surface area contributed by atoms with E-state index in [0.717, 1.165) is 11.3 Å². The molecule has 1 saturated carbocycles. The molecular formula is C13H16ClN3. The van der Waals surface area contributed by atoms with Crippen LogP contribution in [0.25, 0.3) is 5.52 Å². The van der Waals surface area contributed by atoms with Crippen molar-refractivity contribution in [3.05, 3.63) is 29.3 Å². The van der Waals surface area contributed by atoms with Crippen molar-refractivity contribution in [2.75, 3.05) is 5.73 Å². The summed E-state index contributed by atoms with van der Waals surface area (Å²) in [5.74, 6) is 1.61. The second kappa shape index (κ2) is 4.22. The molecule has 2 heterocycles. The summed E-state index contributed by atoms with van der Waals surface area (Å²) < 4.78 is 2.06. The highest BCUT2D eigenvalue weighted by atomic mass is 35.5. The molecule has 0 amide bonds. The number of hydrogen-bond acceptors (Lipinski definition) is 2. The van der Waals surface area contributed by atoms with Crippen LogP contribution < -0.4 is 5.73 Å². The van der Waals surface area contributed by atoms with E-state index in [1.54, 1.807) is 0 Å². The minimum atomic E-state index is 0.531. The molecule has 1 aliphatic rings. The minimum Gasteiger partial charge on any atom is -0.397 e. The molecule has 90 valence electrons. The SMILES string of the molecule is Nc1cccn2c(C3CCCCC3)nc(Cl)c12. The molecule has 1 aliphatic carbocycles. The van der Waals surface area contributed by atoms with Crippen LogP contribution >= 0.6 is 11.6 Å². The molecule has 2 aromatic rings. The van der Waals surface area contributed by atoms with Crippen LogP contribution in [-0.4, -0.2) is 9.38 Å². The fourth-order valence-electron chi connectivity index (χ4n) is 2.79. The number of nitrogens with zero attached hydrogens (tertiary/aromatic N) is 2. The highest BCUT2D eigenvalue weighted by molar-refractivity contribution is 6.33. The van der Waals surface area contributed by atoms with E-state index in [9.17, 15) is 0 Å². The topological polar surface area (TPSA) is 43.3 Å². The Morgan fingerprint density at radius 3 is 2.82 bits per heavy atom. The lowest BCUT2D eigenvalue weighted by atomic mass is 9.89. The maximum absolute atomic E-state index is 6.19. The van der Waals surface area contributed by atoms with E-state index in [1.165, 1.54) is 32.1 Å². The molecule has 0 saturated heterocycles. The van der Waals surface area contributed by atoms with Crippen molar-refractivity contribution in [2.45, 2.75) is 38.0 Å². The third-order valence-corrected chi connectivity index (χ3v) is 3.91. The minimum absolute atomic E-state index is 0.531. The van der Waals surface area contributed by atoms with E-state index in [2.05, 4.69) is 9.38 Å². The summed E-state index contributed by atoms with van der Waals surface area (Å²) in [6.45, 7) is 0. The van der Waals surface area contributed by atoms with Gasteiger partial charge in [-0.3, -0.25) is 0 Å². The fraction of sp³-hybridized carbons (Fsp3) is 0.462. The summed E-state index contributed by atoms with van der Waals surface area (Å²) in [7, 11) is 0. The summed E-state index contributed by atoms with van der Waals surface area (Å²) in [5, 5.41) is 0.531. The van der Waals surface area contributed by atoms with Gasteiger partial charge in [0.05, 0.1) is 5.69 Å². The van der Waals surface area contributed by atoms with Gasteiger partial charge in [-0.1, -0.05) is 30.9 Å². The van der Waals surface area contributed by atoms with Gasteiger partial charge >= 0.3 is 0 Å². The Labute approximate surface area is 106 Å². The van der Waals surface area contributed by atoms with Crippen molar-refractivity contribution in [2.24, 2.45) is 0 Å². The van der Waals surface area contributed by atoms with Crippen LogP contribution in [0, 0.1) is 0 Å². The number of anilines is 1. The highest BCUT2D eigenvalue weighted by Crippen LogP contribution is 2.35. The van der Waals surface area contributed by atoms with Crippen molar-refractivity contribution in [1.82, 2.24) is 9.38 Å². The fourth-order valence-corrected chi connectivity index (χ4v) is 3.08. The molecular weight excluding hydrogens is 234 g/mol. The Hall–Kier alpha value is -1.22. The Morgan fingerprint density at radius 2 is 2.06 bits per heavy atom. The van der Waals surface area contributed by atoms with Crippen molar-refractivity contribution < 1.29 is 0 Å². The Bertz CT molecular complexity index is 541. The normalized spacial score (nSPS) is 17.7. The van der Waals surface area contributed by atoms with Gasteiger partial charge in [-0.25, -0.2) is 4.98 Å². The highest BCUT2D eigenvalue weighted by Gasteiger charge is 2.22. The van der Waals surface area contributed by atoms with Crippen LogP contribution in [0.15, 0.2) is 18.3 Å². The van der Waals surface area contributed by atoms with Crippen molar-refractivity contribution in [3.63, 3.8) is 0 Å². The molecule has 2 aromatic heterocycles. The second-order valence-electron chi connectivity index (χ2n) is 4.78. The molecule has 2 N–H and O–H groups in total. The van der Waals surface area contributed by atoms with E-state index in [0.29, 0.717) is 16.8 Å². The van der Waals surface area contributed by atoms with E-state index < -0.39 is 0 Å². The summed E-state index contributed by atoms with van der Waals surface area (Å²) in [4.78, 5) is 4.52. The Morgan fingerprint density at radius 1 is 1.29 bits per heavy atom. The monoisotopic (exact) mass is 249 g/mol. The van der Waals surface area contributed by atoms with Crippen LogP contribution in [0.5, 0.6) is 0 Å². The lowest BCUT2D eigenvalue weighted by Gasteiger charge is -2.20. The number of rotatable bonds is 1. The first-order valence-corrected chi connectivity index (χ1v) is 6.57. The number of hydrogen-bond donors (Lipinski definition) is 1. The van der Waals surface area contributed by atoms with Crippen LogP contribution in [0.2, 0.25) is 5.15 Å². The molecule has 0 bridgehead atoms. The molecule has 3 nitrogen and oxygen atoms in total. The van der Waals surface area contributed by atoms with Gasteiger partial charge in [0.15, 0.2) is 5.15 Å². The van der Waals surface area contributed by atoms with E-state index in [1.807, 2.05) is 18.3 Å². The summed E-state index contributed by atoms with van der Waals surface area (Å²) in [6, 6.07) is 3.82. The lowest BCUT2D eigenvalue weighted by Crippen LogP contribution is -2.08. The number of nitrogen functional groups attached to an aromatic ring is 1. The van der Waals surface area contributed by atoms with Gasteiger partial charge in [0.25, 0.3) is 0 Å². The standard InChI is InChI=1S/C13H16ClN3/c14-12-11-10(15)7-4-8-17(11)13(16-12)9-5-2-1-3-6-9/h4,7-9H,1-3,5-6,15H2. The molecule has 0 unspecified atom stereocenters. The molecule has 0 atom stereocenters. The van der Waals surface area contributed by atoms with E-state index in [-0.39, 0.29) is 0 Å². The molecule has 0 aromatic carbocycles. The smallest absolute Gasteiger partial charge is 0.157 e. The van der Waals surface area contributed by atoms with Crippen molar-refractivity contribution >= 4 is 22.8 Å². The third-order valence-electron chi connectivity index (χ3n) is 3.65. The average molecular weight is 250 g/mol. The molecule has 0 spiro atoms. The van der Waals surface area contributed by atoms with Gasteiger partial charge in [-0.15, -0.1) is 0 Å². The maximum Gasteiger partial charge on any atom is 0.157 e. The number of imidazole rings is 1. The Balaban J connectivity index is 2.13. The molecule has 0 radical (unpaired) electrons. The maximum atomic E-state index is 6.19. The first kappa shape index (κ1) is 10.9. The van der Waals surface area contributed by atoms with E-state index >= 15 is 0 Å². The number of fused-ring (bicyclic) bond motifs is 1. The van der Waals surface area contributed by atoms with Crippen LogP contribution in [0.4, 0.5) is 5.69 Å². The predicted molar refractivity (Wildman–Crippen MR) is 70.4 cm³/mol. The molecule has 4 heteroatoms. The zero-order chi connectivity index (χ0) is 11.8. The average Bonchev–Trinajstić information content (AvgIpc) is 2.69. The second-order valence-corrected chi connectivity index (χ2v) is 5.14. The third kappa shape index (κ3) is 1.78. The number of aromatic nitrogens is 2. The van der Waals surface area contributed by atoms with Crippen molar-refractivity contribution in [3.8, 4) is 0 Å². The van der Waals surface area contributed by atoms with Gasteiger partial charge in [0, 0.05) is 12.1 Å². The van der Waals surface area contributed by atoms with Gasteiger partial charge in [-0.05, 0) is 25.0 Å². The van der Waals surface area contributed by atoms with Gasteiger partial charge in [0.1, 0.15) is 11.3 Å². The predicted octanol–water partition coefficient (Wildman–Crippen LogP) is 3.62. The van der Waals surface area contributed by atoms with Gasteiger partial charge in [0.2, 0.25) is 0 Å². The van der Waals surface area contributed by atoms with Gasteiger partial charge < -0.3 is 10.1 Å². The molecule has 0 aliphatic heterocycles. The lowest BCUT2D eigenvalue weighted by molar-refractivity contribution is 0.428. The van der Waals surface area contributed by atoms with Crippen LogP contribution in [0.1, 0.15) is 43.8 Å². The van der Waals surface area contributed by atoms with Crippen LogP contribution in [-0.2, 0) is 0 Å². The zero-order valence-electron chi connectivity index (χ0n) is 9.69. The summed E-state index contributed by atoms with van der Waals surface area (Å²) >= 11 is 6.19. The molecule has 3 rings (SSSR count). The van der Waals surface area contributed by atoms with Crippen LogP contribution in [0.3, 0.4) is 0 Å². The van der Waals surface area contributed by atoms with E-state index in [4.69, 9.17) is 17.3 Å². The summed E-state index contributed by atoms with van der Waals surface area (Å²) in [6.07, 6.45) is 8.36. The van der Waals surface area contributed by atoms with Crippen molar-refractivity contribution in [1.29, 1.82) is 0 Å². The number of pyridine rings is 1. The number of nitrogens with two attached hydrogens (primary N) is 1. The zero-order valence-corrected chi connectivity index (χ0v) is 10.5. The first-order chi connectivity index (χ1) is 8.27. The Kier molecular flexibility index (Phi) is 2.71. The van der Waals surface area contributed by atoms with Gasteiger partial charge in [-0.2, -0.15) is 0 Å². The largest absolute Gasteiger partial charge is 0.397 e. The quantitative estimate of drug-likeness (QED) is 0.839. The summed E-state index contributed by atoms with van der Waals surface area (Å²) in [5.41, 5.74) is 7.51. The molecule has 1 fully saturated rings.